The summed E-state index contributed by atoms with van der Waals surface area (Å²) in [5.74, 6) is -0.561. The van der Waals surface area contributed by atoms with Crippen molar-refractivity contribution in [3.63, 3.8) is 0 Å². The number of sulfonamides is 1. The van der Waals surface area contributed by atoms with Gasteiger partial charge in [-0.25, -0.2) is 17.5 Å². The average Bonchev–Trinajstić information content (AvgIpc) is 2.40. The molecule has 0 aliphatic heterocycles. The molecule has 1 aromatic carbocycles. The lowest BCUT2D eigenvalue weighted by Crippen LogP contribution is -2.34. The highest BCUT2D eigenvalue weighted by Gasteiger charge is 2.26. The van der Waals surface area contributed by atoms with Gasteiger partial charge in [-0.1, -0.05) is 18.6 Å². The summed E-state index contributed by atoms with van der Waals surface area (Å²) in [6.45, 7) is 0.559. The van der Waals surface area contributed by atoms with Gasteiger partial charge in [-0.15, -0.1) is 0 Å². The molecule has 6 heteroatoms. The predicted molar refractivity (Wildman–Crippen MR) is 80.3 cm³/mol. The summed E-state index contributed by atoms with van der Waals surface area (Å²) < 4.78 is 26.2. The first-order chi connectivity index (χ1) is 9.89. The van der Waals surface area contributed by atoms with Crippen LogP contribution in [-0.4, -0.2) is 37.4 Å². The fraction of sp³-hybridized carbons (Fsp3) is 0.400. The molecule has 0 bridgehead atoms. The van der Waals surface area contributed by atoms with E-state index in [-0.39, 0.29) is 4.90 Å². The van der Waals surface area contributed by atoms with Crippen LogP contribution in [0, 0.1) is 5.92 Å². The van der Waals surface area contributed by atoms with Gasteiger partial charge in [-0.3, -0.25) is 0 Å². The predicted octanol–water partition coefficient (Wildman–Crippen LogP) is 2.21. The molecule has 2 rings (SSSR count). The summed E-state index contributed by atoms with van der Waals surface area (Å²) in [5, 5.41) is 8.55. The number of benzene rings is 1. The van der Waals surface area contributed by atoms with Gasteiger partial charge in [0.2, 0.25) is 10.0 Å². The van der Waals surface area contributed by atoms with Crippen LogP contribution in [0.4, 0.5) is 0 Å². The van der Waals surface area contributed by atoms with Gasteiger partial charge in [0.15, 0.2) is 0 Å². The minimum absolute atomic E-state index is 0.233. The first-order valence-corrected chi connectivity index (χ1v) is 8.31. The summed E-state index contributed by atoms with van der Waals surface area (Å²) in [6, 6.07) is 6.22. The second-order valence-electron chi connectivity index (χ2n) is 5.32. The lowest BCUT2D eigenvalue weighted by atomic mass is 9.86. The Morgan fingerprint density at radius 3 is 2.43 bits per heavy atom. The van der Waals surface area contributed by atoms with Crippen molar-refractivity contribution in [2.45, 2.75) is 24.2 Å². The lowest BCUT2D eigenvalue weighted by Gasteiger charge is -2.29. The van der Waals surface area contributed by atoms with Crippen molar-refractivity contribution >= 4 is 22.1 Å². The molecule has 1 aliphatic carbocycles. The van der Waals surface area contributed by atoms with Gasteiger partial charge in [0.05, 0.1) is 4.90 Å². The summed E-state index contributed by atoms with van der Waals surface area (Å²) in [6.07, 6.45) is 5.82. The lowest BCUT2D eigenvalue weighted by molar-refractivity contribution is -0.131. The molecule has 1 fully saturated rings. The molecule has 1 aromatic rings. The fourth-order valence-corrected chi connectivity index (χ4v) is 3.48. The van der Waals surface area contributed by atoms with E-state index < -0.39 is 16.0 Å². The molecule has 0 saturated heterocycles. The van der Waals surface area contributed by atoms with Crippen LogP contribution in [0.1, 0.15) is 24.8 Å². The van der Waals surface area contributed by atoms with Crippen LogP contribution in [0.3, 0.4) is 0 Å². The van der Waals surface area contributed by atoms with Gasteiger partial charge in [0.1, 0.15) is 0 Å². The minimum Gasteiger partial charge on any atom is -0.478 e. The monoisotopic (exact) mass is 309 g/mol. The first-order valence-electron chi connectivity index (χ1n) is 6.87. The minimum atomic E-state index is -3.47. The van der Waals surface area contributed by atoms with Gasteiger partial charge in [-0.05, 0) is 42.5 Å². The highest BCUT2D eigenvalue weighted by atomic mass is 32.2. The van der Waals surface area contributed by atoms with Crippen molar-refractivity contribution in [1.29, 1.82) is 0 Å². The molecule has 1 N–H and O–H groups in total. The van der Waals surface area contributed by atoms with E-state index in [1.165, 1.54) is 28.9 Å². The summed E-state index contributed by atoms with van der Waals surface area (Å²) >= 11 is 0. The Bertz CT molecular complexity index is 630. The largest absolute Gasteiger partial charge is 0.478 e. The second-order valence-corrected chi connectivity index (χ2v) is 7.37. The van der Waals surface area contributed by atoms with E-state index in [0.717, 1.165) is 18.9 Å². The molecule has 0 aromatic heterocycles. The maximum Gasteiger partial charge on any atom is 0.328 e. The van der Waals surface area contributed by atoms with Crippen molar-refractivity contribution in [2.75, 3.05) is 13.6 Å². The van der Waals surface area contributed by atoms with Crippen molar-refractivity contribution in [3.05, 3.63) is 35.9 Å². The molecular weight excluding hydrogens is 290 g/mol. The van der Waals surface area contributed by atoms with Crippen molar-refractivity contribution < 1.29 is 18.3 Å². The third-order valence-electron chi connectivity index (χ3n) is 3.75. The Balaban J connectivity index is 2.10. The summed E-state index contributed by atoms with van der Waals surface area (Å²) in [5.41, 5.74) is 0.651. The van der Waals surface area contributed by atoms with Crippen molar-refractivity contribution in [2.24, 2.45) is 5.92 Å². The van der Waals surface area contributed by atoms with Crippen LogP contribution >= 0.6 is 0 Å². The zero-order chi connectivity index (χ0) is 15.5. The van der Waals surface area contributed by atoms with Crippen LogP contribution < -0.4 is 0 Å². The molecule has 0 unspecified atom stereocenters. The van der Waals surface area contributed by atoms with Crippen molar-refractivity contribution in [1.82, 2.24) is 4.31 Å². The number of rotatable bonds is 6. The zero-order valence-corrected chi connectivity index (χ0v) is 12.7. The molecule has 1 aliphatic rings. The number of carboxylic acid groups (broad SMARTS) is 1. The summed E-state index contributed by atoms with van der Waals surface area (Å²) in [4.78, 5) is 10.7. The van der Waals surface area contributed by atoms with Gasteiger partial charge in [0, 0.05) is 19.7 Å². The Kier molecular flexibility index (Phi) is 4.80. The normalized spacial score (nSPS) is 16.3. The second kappa shape index (κ2) is 6.41. The van der Waals surface area contributed by atoms with Crippen LogP contribution in [0.25, 0.3) is 6.08 Å². The number of hydrogen-bond acceptors (Lipinski definition) is 3. The van der Waals surface area contributed by atoms with E-state index in [4.69, 9.17) is 5.11 Å². The van der Waals surface area contributed by atoms with E-state index >= 15 is 0 Å². The van der Waals surface area contributed by atoms with E-state index in [1.807, 2.05) is 0 Å². The SMILES string of the molecule is CN(CC1CCC1)S(=O)(=O)c1ccc(C=CC(=O)O)cc1. The van der Waals surface area contributed by atoms with Crippen LogP contribution in [-0.2, 0) is 14.8 Å². The topological polar surface area (TPSA) is 74.7 Å². The molecule has 0 heterocycles. The quantitative estimate of drug-likeness (QED) is 0.818. The first kappa shape index (κ1) is 15.7. The molecule has 0 radical (unpaired) electrons. The number of carbonyl (C=O) groups is 1. The molecule has 0 spiro atoms. The van der Waals surface area contributed by atoms with E-state index in [1.54, 1.807) is 19.2 Å². The van der Waals surface area contributed by atoms with E-state index in [2.05, 4.69) is 0 Å². The number of nitrogens with zero attached hydrogens (tertiary/aromatic N) is 1. The number of carboxylic acids is 1. The van der Waals surface area contributed by atoms with E-state index in [0.29, 0.717) is 18.0 Å². The van der Waals surface area contributed by atoms with Gasteiger partial charge in [0.25, 0.3) is 0 Å². The highest BCUT2D eigenvalue weighted by molar-refractivity contribution is 7.89. The zero-order valence-electron chi connectivity index (χ0n) is 11.9. The Morgan fingerprint density at radius 2 is 1.95 bits per heavy atom. The van der Waals surface area contributed by atoms with Gasteiger partial charge < -0.3 is 5.11 Å². The molecule has 21 heavy (non-hydrogen) atoms. The van der Waals surface area contributed by atoms with Crippen LogP contribution in [0.15, 0.2) is 35.2 Å². The van der Waals surface area contributed by atoms with E-state index in [9.17, 15) is 13.2 Å². The Hall–Kier alpha value is -1.66. The molecule has 0 amide bonds. The number of aliphatic carboxylic acids is 1. The van der Waals surface area contributed by atoms with Crippen molar-refractivity contribution in [3.8, 4) is 0 Å². The maximum absolute atomic E-state index is 12.4. The molecule has 1 saturated carbocycles. The Labute approximate surface area is 124 Å². The molecule has 5 nitrogen and oxygen atoms in total. The summed E-state index contributed by atoms with van der Waals surface area (Å²) in [7, 11) is -1.86. The number of hydrogen-bond donors (Lipinski definition) is 1. The average molecular weight is 309 g/mol. The van der Waals surface area contributed by atoms with Crippen LogP contribution in [0.2, 0.25) is 0 Å². The smallest absolute Gasteiger partial charge is 0.328 e. The van der Waals surface area contributed by atoms with Gasteiger partial charge in [-0.2, -0.15) is 0 Å². The maximum atomic E-state index is 12.4. The molecule has 0 atom stereocenters. The van der Waals surface area contributed by atoms with Gasteiger partial charge >= 0.3 is 5.97 Å². The standard InChI is InChI=1S/C15H19NO4S/c1-16(11-13-3-2-4-13)21(19,20)14-8-5-12(6-9-14)7-10-15(17)18/h5-10,13H,2-4,11H2,1H3,(H,17,18). The third kappa shape index (κ3) is 3.92. The molecular formula is C15H19NO4S. The third-order valence-corrected chi connectivity index (χ3v) is 5.58. The highest BCUT2D eigenvalue weighted by Crippen LogP contribution is 2.28. The van der Waals surface area contributed by atoms with Crippen LogP contribution in [0.5, 0.6) is 0 Å². The Morgan fingerprint density at radius 1 is 1.33 bits per heavy atom. The fourth-order valence-electron chi connectivity index (χ4n) is 2.24. The molecule has 114 valence electrons.